The first-order valence-electron chi connectivity index (χ1n) is 5.91. The van der Waals surface area contributed by atoms with Gasteiger partial charge in [-0.05, 0) is 28.9 Å². The molecule has 0 radical (unpaired) electrons. The van der Waals surface area contributed by atoms with Crippen molar-refractivity contribution in [1.29, 1.82) is 0 Å². The highest BCUT2D eigenvalue weighted by Crippen LogP contribution is 2.14. The average molecular weight is 351 g/mol. The first kappa shape index (κ1) is 14.9. The fraction of sp³-hybridized carbons (Fsp3) is 0.0769. The number of H-pyrrole nitrogens is 1. The summed E-state index contributed by atoms with van der Waals surface area (Å²) in [5.74, 6) is -0.398. The summed E-state index contributed by atoms with van der Waals surface area (Å²) in [6.45, 7) is 1.66. The van der Waals surface area contributed by atoms with Gasteiger partial charge in [0.05, 0.1) is 10.6 Å². The standard InChI is InChI=1S/C13H11BrN4O3/c1-8(9-3-2-4-11(5-9)18(20)21)16-17-13(19)12-6-10(14)7-15-12/h2-7,15H,1H3,(H,17,19)/b16-8-. The van der Waals surface area contributed by atoms with Crippen LogP contribution in [0.3, 0.4) is 0 Å². The van der Waals surface area contributed by atoms with E-state index in [0.717, 1.165) is 4.47 Å². The van der Waals surface area contributed by atoms with Gasteiger partial charge in [0.2, 0.25) is 0 Å². The number of nitrogens with one attached hydrogen (secondary N) is 2. The van der Waals surface area contributed by atoms with E-state index < -0.39 is 10.8 Å². The number of rotatable bonds is 4. The lowest BCUT2D eigenvalue weighted by molar-refractivity contribution is -0.384. The number of benzene rings is 1. The molecule has 0 aliphatic carbocycles. The Bertz CT molecular complexity index is 724. The second kappa shape index (κ2) is 6.31. The molecular weight excluding hydrogens is 340 g/mol. The molecule has 7 nitrogen and oxygen atoms in total. The van der Waals surface area contributed by atoms with Gasteiger partial charge < -0.3 is 4.98 Å². The first-order chi connectivity index (χ1) is 9.97. The lowest BCUT2D eigenvalue weighted by Gasteiger charge is -2.02. The van der Waals surface area contributed by atoms with Crippen LogP contribution >= 0.6 is 15.9 Å². The molecule has 0 bridgehead atoms. The van der Waals surface area contributed by atoms with Crippen molar-refractivity contribution >= 4 is 33.2 Å². The van der Waals surface area contributed by atoms with Crippen LogP contribution in [0.1, 0.15) is 23.0 Å². The van der Waals surface area contributed by atoms with Crippen molar-refractivity contribution in [2.24, 2.45) is 5.10 Å². The smallest absolute Gasteiger partial charge is 0.287 e. The van der Waals surface area contributed by atoms with Crippen LogP contribution in [0, 0.1) is 10.1 Å². The van der Waals surface area contributed by atoms with Gasteiger partial charge in [0, 0.05) is 28.4 Å². The van der Waals surface area contributed by atoms with Gasteiger partial charge in [0.15, 0.2) is 0 Å². The van der Waals surface area contributed by atoms with Crippen molar-refractivity contribution in [1.82, 2.24) is 10.4 Å². The monoisotopic (exact) mass is 350 g/mol. The maximum atomic E-state index is 11.8. The van der Waals surface area contributed by atoms with Crippen LogP contribution < -0.4 is 5.43 Å². The van der Waals surface area contributed by atoms with Gasteiger partial charge in [0.25, 0.3) is 11.6 Å². The van der Waals surface area contributed by atoms with E-state index in [-0.39, 0.29) is 5.69 Å². The van der Waals surface area contributed by atoms with Gasteiger partial charge >= 0.3 is 0 Å². The zero-order chi connectivity index (χ0) is 15.4. The molecule has 1 aromatic heterocycles. The Morgan fingerprint density at radius 1 is 1.43 bits per heavy atom. The molecule has 0 aliphatic rings. The predicted octanol–water partition coefficient (Wildman–Crippen LogP) is 2.84. The third-order valence-corrected chi connectivity index (χ3v) is 3.15. The van der Waals surface area contributed by atoms with Gasteiger partial charge in [-0.15, -0.1) is 0 Å². The van der Waals surface area contributed by atoms with Crippen LogP contribution in [0.15, 0.2) is 46.1 Å². The number of hydrogen-bond donors (Lipinski definition) is 2. The van der Waals surface area contributed by atoms with E-state index in [1.54, 1.807) is 31.3 Å². The fourth-order valence-electron chi connectivity index (χ4n) is 1.60. The summed E-state index contributed by atoms with van der Waals surface area (Å²) in [6.07, 6.45) is 1.63. The van der Waals surface area contributed by atoms with Crippen LogP contribution in [-0.2, 0) is 0 Å². The Morgan fingerprint density at radius 2 is 2.19 bits per heavy atom. The fourth-order valence-corrected chi connectivity index (χ4v) is 1.95. The Labute approximate surface area is 128 Å². The molecule has 1 aromatic carbocycles. The number of non-ortho nitro benzene ring substituents is 1. The number of carbonyl (C=O) groups is 1. The summed E-state index contributed by atoms with van der Waals surface area (Å²) in [7, 11) is 0. The minimum absolute atomic E-state index is 0.0262. The van der Waals surface area contributed by atoms with Gasteiger partial charge in [-0.25, -0.2) is 5.43 Å². The third kappa shape index (κ3) is 3.76. The average Bonchev–Trinajstić information content (AvgIpc) is 2.91. The molecule has 2 rings (SSSR count). The SMILES string of the molecule is C/C(=N/NC(=O)c1cc(Br)c[nH]1)c1cccc([N+](=O)[O-])c1. The van der Waals surface area contributed by atoms with E-state index in [1.807, 2.05) is 0 Å². The van der Waals surface area contributed by atoms with E-state index in [0.29, 0.717) is 17.0 Å². The Kier molecular flexibility index (Phi) is 4.49. The second-order valence-corrected chi connectivity index (χ2v) is 5.09. The van der Waals surface area contributed by atoms with Gasteiger partial charge in [0.1, 0.15) is 5.69 Å². The molecule has 0 spiro atoms. The number of hydrazone groups is 1. The van der Waals surface area contributed by atoms with E-state index in [9.17, 15) is 14.9 Å². The van der Waals surface area contributed by atoms with Crippen molar-refractivity contribution < 1.29 is 9.72 Å². The van der Waals surface area contributed by atoms with Gasteiger partial charge in [-0.3, -0.25) is 14.9 Å². The lowest BCUT2D eigenvalue weighted by Crippen LogP contribution is -2.19. The number of aromatic nitrogens is 1. The minimum Gasteiger partial charge on any atom is -0.356 e. The summed E-state index contributed by atoms with van der Waals surface area (Å²) in [5, 5.41) is 14.7. The van der Waals surface area contributed by atoms with Crippen LogP contribution in [-0.4, -0.2) is 21.5 Å². The molecule has 0 aliphatic heterocycles. The second-order valence-electron chi connectivity index (χ2n) is 4.18. The highest BCUT2D eigenvalue weighted by atomic mass is 79.9. The van der Waals surface area contributed by atoms with E-state index in [1.165, 1.54) is 12.1 Å². The van der Waals surface area contributed by atoms with E-state index in [4.69, 9.17) is 0 Å². The predicted molar refractivity (Wildman–Crippen MR) is 81.3 cm³/mol. The molecule has 1 amide bonds. The van der Waals surface area contributed by atoms with Crippen molar-refractivity contribution in [3.8, 4) is 0 Å². The molecule has 8 heteroatoms. The molecule has 108 valence electrons. The zero-order valence-electron chi connectivity index (χ0n) is 11.0. The van der Waals surface area contributed by atoms with Crippen molar-refractivity contribution in [3.63, 3.8) is 0 Å². The van der Waals surface area contributed by atoms with Crippen LogP contribution in [0.25, 0.3) is 0 Å². The maximum absolute atomic E-state index is 11.8. The molecule has 21 heavy (non-hydrogen) atoms. The summed E-state index contributed by atoms with van der Waals surface area (Å²) in [6, 6.07) is 7.66. The van der Waals surface area contributed by atoms with Crippen LogP contribution in [0.4, 0.5) is 5.69 Å². The number of nitrogens with zero attached hydrogens (tertiary/aromatic N) is 2. The molecule has 0 saturated heterocycles. The van der Waals surface area contributed by atoms with Crippen molar-refractivity contribution in [3.05, 3.63) is 62.4 Å². The molecule has 2 aromatic rings. The van der Waals surface area contributed by atoms with Crippen LogP contribution in [0.5, 0.6) is 0 Å². The molecule has 0 atom stereocenters. The maximum Gasteiger partial charge on any atom is 0.287 e. The minimum atomic E-state index is -0.480. The summed E-state index contributed by atoms with van der Waals surface area (Å²) < 4.78 is 0.757. The quantitative estimate of drug-likeness (QED) is 0.503. The number of aromatic amines is 1. The largest absolute Gasteiger partial charge is 0.356 e. The van der Waals surface area contributed by atoms with Crippen LogP contribution in [0.2, 0.25) is 0 Å². The summed E-state index contributed by atoms with van der Waals surface area (Å²) in [4.78, 5) is 24.8. The number of nitro groups is 1. The van der Waals surface area contributed by atoms with E-state index >= 15 is 0 Å². The van der Waals surface area contributed by atoms with Crippen molar-refractivity contribution in [2.45, 2.75) is 6.92 Å². The highest BCUT2D eigenvalue weighted by Gasteiger charge is 2.09. The van der Waals surface area contributed by atoms with E-state index in [2.05, 4.69) is 31.4 Å². The summed E-state index contributed by atoms with van der Waals surface area (Å²) in [5.41, 5.74) is 3.76. The number of hydrogen-bond acceptors (Lipinski definition) is 4. The molecule has 0 fully saturated rings. The van der Waals surface area contributed by atoms with Crippen molar-refractivity contribution in [2.75, 3.05) is 0 Å². The molecule has 2 N–H and O–H groups in total. The zero-order valence-corrected chi connectivity index (χ0v) is 12.5. The summed E-state index contributed by atoms with van der Waals surface area (Å²) >= 11 is 3.23. The van der Waals surface area contributed by atoms with Gasteiger partial charge in [-0.2, -0.15) is 5.10 Å². The van der Waals surface area contributed by atoms with Gasteiger partial charge in [-0.1, -0.05) is 12.1 Å². The number of nitro benzene ring substituents is 1. The third-order valence-electron chi connectivity index (χ3n) is 2.69. The molecule has 1 heterocycles. The molecular formula is C13H11BrN4O3. The first-order valence-corrected chi connectivity index (χ1v) is 6.70. The normalized spacial score (nSPS) is 11.2. The Morgan fingerprint density at radius 3 is 2.81 bits per heavy atom. The highest BCUT2D eigenvalue weighted by molar-refractivity contribution is 9.10. The number of halogens is 1. The Balaban J connectivity index is 2.12. The lowest BCUT2D eigenvalue weighted by atomic mass is 10.1. The Hall–Kier alpha value is -2.48. The topological polar surface area (TPSA) is 100 Å². The molecule has 0 saturated carbocycles. The number of carbonyl (C=O) groups excluding carboxylic acids is 1. The number of amides is 1. The molecule has 0 unspecified atom stereocenters.